The number of ether oxygens (including phenoxy) is 8. The van der Waals surface area contributed by atoms with E-state index in [0.717, 1.165) is 0 Å². The molecule has 2 saturated heterocycles. The lowest BCUT2D eigenvalue weighted by atomic mass is 9.73. The highest BCUT2D eigenvalue weighted by Gasteiger charge is 2.49. The van der Waals surface area contributed by atoms with Crippen molar-refractivity contribution in [3.8, 4) is 23.0 Å². The summed E-state index contributed by atoms with van der Waals surface area (Å²) in [6.45, 7) is 4.03. The van der Waals surface area contributed by atoms with Crippen molar-refractivity contribution in [1.29, 1.82) is 0 Å². The molecule has 3 aliphatic rings. The molecule has 2 heterocycles. The van der Waals surface area contributed by atoms with Crippen LogP contribution in [-0.4, -0.2) is 57.9 Å². The fraction of sp³-hybridized carbons (Fsp3) is 0.333. The zero-order chi connectivity index (χ0) is 30.7. The van der Waals surface area contributed by atoms with Crippen molar-refractivity contribution < 1.29 is 52.4 Å². The first-order chi connectivity index (χ1) is 20.7. The molecular weight excluding hydrogens is 566 g/mol. The highest BCUT2D eigenvalue weighted by atomic mass is 16.7. The van der Waals surface area contributed by atoms with Gasteiger partial charge in [-0.25, -0.2) is 4.79 Å². The summed E-state index contributed by atoms with van der Waals surface area (Å²) >= 11 is 0. The van der Waals surface area contributed by atoms with Gasteiger partial charge >= 0.3 is 12.1 Å². The topological polar surface area (TPSA) is 151 Å². The van der Waals surface area contributed by atoms with E-state index in [0.29, 0.717) is 46.3 Å². The molecule has 0 saturated carbocycles. The smallest absolute Gasteiger partial charge is 0.493 e. The second-order valence-corrected chi connectivity index (χ2v) is 9.82. The van der Waals surface area contributed by atoms with Gasteiger partial charge in [0, 0.05) is 24.0 Å². The summed E-state index contributed by atoms with van der Waals surface area (Å²) in [5, 5.41) is 11.0. The van der Waals surface area contributed by atoms with Gasteiger partial charge in [-0.2, -0.15) is 0 Å². The Bertz CT molecular complexity index is 1470. The molecule has 226 valence electrons. The molecule has 2 fully saturated rings. The average Bonchev–Trinajstić information content (AvgIpc) is 3.61. The lowest BCUT2D eigenvalue weighted by Crippen LogP contribution is -2.37. The minimum Gasteiger partial charge on any atom is -0.493 e. The van der Waals surface area contributed by atoms with Gasteiger partial charge in [0.05, 0.1) is 38.8 Å². The Kier molecular flexibility index (Phi) is 8.41. The zero-order valence-corrected chi connectivity index (χ0v) is 23.6. The maximum Gasteiger partial charge on any atom is 0.514 e. The van der Waals surface area contributed by atoms with Crippen LogP contribution < -0.4 is 18.9 Å². The number of nitrogens with zero attached hydrogens (tertiary/aromatic N) is 1. The molecular formula is C30H29NO12. The van der Waals surface area contributed by atoms with Crippen molar-refractivity contribution in [2.24, 2.45) is 11.8 Å². The van der Waals surface area contributed by atoms with Crippen LogP contribution in [0.2, 0.25) is 0 Å². The van der Waals surface area contributed by atoms with Crippen LogP contribution in [0.15, 0.2) is 72.2 Å². The number of hydrogen-bond acceptors (Lipinski definition) is 12. The van der Waals surface area contributed by atoms with Gasteiger partial charge in [0.1, 0.15) is 11.9 Å². The van der Waals surface area contributed by atoms with Crippen LogP contribution in [0.1, 0.15) is 17.9 Å². The molecule has 43 heavy (non-hydrogen) atoms. The summed E-state index contributed by atoms with van der Waals surface area (Å²) in [4.78, 5) is 36.8. The third-order valence-corrected chi connectivity index (χ3v) is 7.47. The van der Waals surface area contributed by atoms with E-state index < -0.39 is 40.9 Å². The van der Waals surface area contributed by atoms with Crippen molar-refractivity contribution >= 4 is 17.8 Å². The number of esters is 1. The van der Waals surface area contributed by atoms with E-state index in [-0.39, 0.29) is 24.8 Å². The average molecular weight is 596 g/mol. The quantitative estimate of drug-likeness (QED) is 0.187. The van der Waals surface area contributed by atoms with E-state index in [1.165, 1.54) is 45.6 Å². The predicted octanol–water partition coefficient (Wildman–Crippen LogP) is 4.81. The van der Waals surface area contributed by atoms with E-state index in [1.54, 1.807) is 18.2 Å². The van der Waals surface area contributed by atoms with Gasteiger partial charge < -0.3 is 37.9 Å². The Morgan fingerprint density at radius 1 is 1.00 bits per heavy atom. The highest BCUT2D eigenvalue weighted by molar-refractivity contribution is 5.77. The number of nitro benzene ring substituents is 1. The summed E-state index contributed by atoms with van der Waals surface area (Å²) in [7, 11) is 4.48. The Morgan fingerprint density at radius 2 is 1.67 bits per heavy atom. The van der Waals surface area contributed by atoms with Gasteiger partial charge in [-0.1, -0.05) is 6.58 Å². The van der Waals surface area contributed by atoms with Crippen molar-refractivity contribution in [2.45, 2.75) is 18.4 Å². The number of allylic oxidation sites excluding steroid dienone is 1. The summed E-state index contributed by atoms with van der Waals surface area (Å²) in [6.07, 6.45) is 1.55. The Labute approximate surface area is 246 Å². The predicted molar refractivity (Wildman–Crippen MR) is 148 cm³/mol. The van der Waals surface area contributed by atoms with Gasteiger partial charge in [-0.05, 0) is 54.0 Å². The fourth-order valence-electron chi connectivity index (χ4n) is 5.45. The van der Waals surface area contributed by atoms with Crippen molar-refractivity contribution in [2.75, 3.05) is 34.7 Å². The van der Waals surface area contributed by atoms with E-state index in [2.05, 4.69) is 6.58 Å². The first-order valence-corrected chi connectivity index (χ1v) is 13.2. The summed E-state index contributed by atoms with van der Waals surface area (Å²) in [5.74, 6) is -0.445. The number of rotatable bonds is 7. The number of carbonyl (C=O) groups is 2. The second kappa shape index (κ2) is 12.3. The molecule has 1 aliphatic carbocycles. The molecule has 13 nitrogen and oxygen atoms in total. The molecule has 0 bridgehead atoms. The van der Waals surface area contributed by atoms with Crippen LogP contribution in [0.5, 0.6) is 23.0 Å². The molecule has 0 unspecified atom stereocenters. The Balaban J connectivity index is 1.53. The molecule has 2 aromatic rings. The van der Waals surface area contributed by atoms with Crippen molar-refractivity contribution in [1.82, 2.24) is 0 Å². The van der Waals surface area contributed by atoms with E-state index in [9.17, 15) is 19.7 Å². The van der Waals surface area contributed by atoms with Crippen LogP contribution in [0.25, 0.3) is 0 Å². The summed E-state index contributed by atoms with van der Waals surface area (Å²) < 4.78 is 44.5. The lowest BCUT2D eigenvalue weighted by Gasteiger charge is -2.31. The van der Waals surface area contributed by atoms with Crippen molar-refractivity contribution in [3.05, 3.63) is 87.9 Å². The number of benzene rings is 2. The standard InChI is InChI=1S/C30H29NO12/c1-16-11-23-22(40-15-41-23)10-9-20(17-12-24(36-2)28(38-4)25(13-17)37-3)26-21(14-39-29(26)32)27(16)43-30(33)42-19-7-5-18(6-8-19)31(34)35/h5-8,10-13,20-21,26-27H,1,9,14-15H2,2-4H3/b22-10+,23-11+/t20-,21-,26+,27-/m0/s1. The molecule has 0 spiro atoms. The molecule has 13 heteroatoms. The van der Waals surface area contributed by atoms with Crippen LogP contribution in [0.3, 0.4) is 0 Å². The van der Waals surface area contributed by atoms with E-state index >= 15 is 0 Å². The number of carbonyl (C=O) groups excluding carboxylic acids is 2. The van der Waals surface area contributed by atoms with E-state index in [1.807, 2.05) is 6.08 Å². The Morgan fingerprint density at radius 3 is 2.30 bits per heavy atom. The van der Waals surface area contributed by atoms with Crippen LogP contribution in [0.4, 0.5) is 10.5 Å². The molecule has 0 aromatic heterocycles. The second-order valence-electron chi connectivity index (χ2n) is 9.82. The van der Waals surface area contributed by atoms with Gasteiger partial charge in [0.2, 0.25) is 12.5 Å². The number of non-ortho nitro benzene ring substituents is 1. The lowest BCUT2D eigenvalue weighted by molar-refractivity contribution is -0.384. The number of nitro groups is 1. The van der Waals surface area contributed by atoms with Crippen molar-refractivity contribution in [3.63, 3.8) is 0 Å². The number of fused-ring (bicyclic) bond motifs is 2. The first-order valence-electron chi connectivity index (χ1n) is 13.2. The fourth-order valence-corrected chi connectivity index (χ4v) is 5.45. The zero-order valence-electron chi connectivity index (χ0n) is 23.6. The van der Waals surface area contributed by atoms with Gasteiger partial charge in [-0.15, -0.1) is 0 Å². The maximum absolute atomic E-state index is 13.4. The third-order valence-electron chi connectivity index (χ3n) is 7.47. The van der Waals surface area contributed by atoms with Crippen LogP contribution >= 0.6 is 0 Å². The molecule has 5 rings (SSSR count). The molecule has 4 atom stereocenters. The first kappa shape index (κ1) is 29.3. The largest absolute Gasteiger partial charge is 0.514 e. The molecule has 0 radical (unpaired) electrons. The van der Waals surface area contributed by atoms with E-state index in [4.69, 9.17) is 37.9 Å². The monoisotopic (exact) mass is 595 g/mol. The number of cyclic esters (lactones) is 1. The van der Waals surface area contributed by atoms with Gasteiger partial charge in [0.15, 0.2) is 23.0 Å². The normalized spacial score (nSPS) is 25.2. The summed E-state index contributed by atoms with van der Waals surface area (Å²) in [6, 6.07) is 8.46. The SMILES string of the molecule is C=C1/C=C2/OCO/C2=C/C[C@@H](c2cc(OC)c(OC)c(OC)c2)[C@H]2C(=O)OC[C@@H]2[C@H]1OC(=O)Oc1ccc([N+](=O)[O-])cc1. The maximum atomic E-state index is 13.4. The van der Waals surface area contributed by atoms with Crippen LogP contribution in [0, 0.1) is 22.0 Å². The molecule has 2 aliphatic heterocycles. The van der Waals surface area contributed by atoms with Crippen LogP contribution in [-0.2, 0) is 23.7 Å². The Hall–Kier alpha value is -5.20. The number of hydrogen-bond donors (Lipinski definition) is 0. The molecule has 0 N–H and O–H groups in total. The summed E-state index contributed by atoms with van der Waals surface area (Å²) in [5.41, 5.74) is 0.826. The molecule has 0 amide bonds. The van der Waals surface area contributed by atoms with Gasteiger partial charge in [-0.3, -0.25) is 14.9 Å². The number of methoxy groups -OCH3 is 3. The minimum atomic E-state index is -1.10. The molecule has 2 aromatic carbocycles. The highest BCUT2D eigenvalue weighted by Crippen LogP contribution is 2.47. The minimum absolute atomic E-state index is 0.0254. The van der Waals surface area contributed by atoms with Gasteiger partial charge in [0.25, 0.3) is 5.69 Å². The third kappa shape index (κ3) is 5.92.